The van der Waals surface area contributed by atoms with Crippen molar-refractivity contribution >= 4 is 17.8 Å². The fraction of sp³-hybridized carbons (Fsp3) is 0.824. The van der Waals surface area contributed by atoms with Crippen LogP contribution in [0, 0.1) is 5.92 Å². The highest BCUT2D eigenvalue weighted by molar-refractivity contribution is 5.85. The molecular weight excluding hydrogens is 306 g/mol. The van der Waals surface area contributed by atoms with Crippen LogP contribution in [0.4, 0.5) is 0 Å². The van der Waals surface area contributed by atoms with Crippen molar-refractivity contribution in [1.82, 2.24) is 15.1 Å². The minimum atomic E-state index is -0.246. The lowest BCUT2D eigenvalue weighted by Gasteiger charge is -2.34. The number of aliphatic imine (C=N–C) groups is 1. The number of nitrogens with two attached hydrogens (primary N) is 1. The molecule has 24 heavy (non-hydrogen) atoms. The lowest BCUT2D eigenvalue weighted by molar-refractivity contribution is -0.130. The molecule has 0 bridgehead atoms. The van der Waals surface area contributed by atoms with Crippen molar-refractivity contribution in [1.29, 1.82) is 0 Å². The van der Waals surface area contributed by atoms with Crippen LogP contribution in [0.25, 0.3) is 0 Å². The first-order chi connectivity index (χ1) is 11.6. The second-order valence-electron chi connectivity index (χ2n) is 6.74. The standard InChI is InChI=1S/C17H31N5O2/c1-2-19-17(20-12-16(24)21-8-4-3-5-9-21)22-10-6-7-14(13-22)11-15(18)23/h14H,2-13H2,1H3,(H2,18,23)(H,19,20). The lowest BCUT2D eigenvalue weighted by Crippen LogP contribution is -2.47. The zero-order valence-corrected chi connectivity index (χ0v) is 14.8. The Labute approximate surface area is 144 Å². The van der Waals surface area contributed by atoms with E-state index in [0.717, 1.165) is 64.4 Å². The van der Waals surface area contributed by atoms with Gasteiger partial charge in [0, 0.05) is 39.1 Å². The molecular formula is C17H31N5O2. The molecule has 0 radical (unpaired) electrons. The average molecular weight is 337 g/mol. The lowest BCUT2D eigenvalue weighted by atomic mass is 9.95. The van der Waals surface area contributed by atoms with Crippen LogP contribution in [0.5, 0.6) is 0 Å². The molecule has 2 fully saturated rings. The Morgan fingerprint density at radius 3 is 2.50 bits per heavy atom. The van der Waals surface area contributed by atoms with E-state index in [9.17, 15) is 9.59 Å². The molecule has 2 saturated heterocycles. The number of carbonyl (C=O) groups is 2. The molecule has 1 atom stereocenters. The van der Waals surface area contributed by atoms with E-state index >= 15 is 0 Å². The molecule has 0 aliphatic carbocycles. The highest BCUT2D eigenvalue weighted by Crippen LogP contribution is 2.19. The first kappa shape index (κ1) is 18.5. The maximum atomic E-state index is 12.3. The summed E-state index contributed by atoms with van der Waals surface area (Å²) in [5, 5.41) is 3.27. The van der Waals surface area contributed by atoms with Crippen molar-refractivity contribution in [3.63, 3.8) is 0 Å². The van der Waals surface area contributed by atoms with Crippen molar-refractivity contribution in [3.8, 4) is 0 Å². The number of nitrogens with one attached hydrogen (secondary N) is 1. The van der Waals surface area contributed by atoms with E-state index in [1.54, 1.807) is 0 Å². The fourth-order valence-corrected chi connectivity index (χ4v) is 3.52. The molecule has 1 unspecified atom stereocenters. The predicted octanol–water partition coefficient (Wildman–Crippen LogP) is 0.552. The van der Waals surface area contributed by atoms with Crippen LogP contribution in [-0.4, -0.2) is 66.8 Å². The number of nitrogens with zero attached hydrogens (tertiary/aromatic N) is 3. The number of guanidine groups is 1. The third kappa shape index (κ3) is 5.69. The SMILES string of the molecule is CCNC(=NCC(=O)N1CCCCC1)N1CCCC(CC(N)=O)C1. The van der Waals surface area contributed by atoms with Crippen molar-refractivity contribution in [3.05, 3.63) is 0 Å². The van der Waals surface area contributed by atoms with E-state index in [1.165, 1.54) is 6.42 Å². The molecule has 0 aromatic heterocycles. The van der Waals surface area contributed by atoms with Crippen molar-refractivity contribution < 1.29 is 9.59 Å². The summed E-state index contributed by atoms with van der Waals surface area (Å²) in [4.78, 5) is 32.1. The van der Waals surface area contributed by atoms with Crippen molar-refractivity contribution in [2.24, 2.45) is 16.6 Å². The molecule has 7 nitrogen and oxygen atoms in total. The van der Waals surface area contributed by atoms with Crippen LogP contribution in [0.15, 0.2) is 4.99 Å². The van der Waals surface area contributed by atoms with E-state index in [4.69, 9.17) is 5.73 Å². The Balaban J connectivity index is 1.93. The zero-order valence-electron chi connectivity index (χ0n) is 14.8. The normalized spacial score (nSPS) is 22.4. The van der Waals surface area contributed by atoms with Crippen LogP contribution < -0.4 is 11.1 Å². The van der Waals surface area contributed by atoms with Gasteiger partial charge < -0.3 is 20.9 Å². The van der Waals surface area contributed by atoms with Gasteiger partial charge in [-0.05, 0) is 44.9 Å². The Kier molecular flexibility index (Phi) is 7.34. The van der Waals surface area contributed by atoms with Crippen LogP contribution >= 0.6 is 0 Å². The monoisotopic (exact) mass is 337 g/mol. The second-order valence-corrected chi connectivity index (χ2v) is 6.74. The van der Waals surface area contributed by atoms with Crippen LogP contribution in [0.1, 0.15) is 45.4 Å². The highest BCUT2D eigenvalue weighted by atomic mass is 16.2. The molecule has 0 spiro atoms. The number of hydrogen-bond acceptors (Lipinski definition) is 3. The molecule has 2 aliphatic heterocycles. The highest BCUT2D eigenvalue weighted by Gasteiger charge is 2.24. The van der Waals surface area contributed by atoms with Crippen LogP contribution in [0.3, 0.4) is 0 Å². The average Bonchev–Trinajstić information content (AvgIpc) is 2.58. The van der Waals surface area contributed by atoms with Gasteiger partial charge in [-0.2, -0.15) is 0 Å². The number of likely N-dealkylation sites (tertiary alicyclic amines) is 2. The molecule has 136 valence electrons. The minimum absolute atomic E-state index is 0.107. The first-order valence-corrected chi connectivity index (χ1v) is 9.19. The zero-order chi connectivity index (χ0) is 17.4. The molecule has 2 aliphatic rings. The van der Waals surface area contributed by atoms with Crippen molar-refractivity contribution in [2.45, 2.75) is 45.4 Å². The van der Waals surface area contributed by atoms with Gasteiger partial charge in [-0.15, -0.1) is 0 Å². The quantitative estimate of drug-likeness (QED) is 0.566. The first-order valence-electron chi connectivity index (χ1n) is 9.19. The van der Waals surface area contributed by atoms with E-state index in [-0.39, 0.29) is 24.3 Å². The second kappa shape index (κ2) is 9.49. The molecule has 2 heterocycles. The number of amides is 2. The Bertz CT molecular complexity index is 460. The maximum Gasteiger partial charge on any atom is 0.244 e. The van der Waals surface area contributed by atoms with Gasteiger partial charge in [0.2, 0.25) is 11.8 Å². The molecule has 7 heteroatoms. The van der Waals surface area contributed by atoms with Crippen molar-refractivity contribution in [2.75, 3.05) is 39.3 Å². The van der Waals surface area contributed by atoms with Gasteiger partial charge in [-0.25, -0.2) is 4.99 Å². The summed E-state index contributed by atoms with van der Waals surface area (Å²) >= 11 is 0. The van der Waals surface area contributed by atoms with E-state index in [2.05, 4.69) is 15.2 Å². The van der Waals surface area contributed by atoms with Gasteiger partial charge >= 0.3 is 0 Å². The number of primary amides is 1. The molecule has 2 rings (SSSR count). The maximum absolute atomic E-state index is 12.3. The Morgan fingerprint density at radius 2 is 1.83 bits per heavy atom. The minimum Gasteiger partial charge on any atom is -0.370 e. The van der Waals surface area contributed by atoms with E-state index in [0.29, 0.717) is 6.42 Å². The molecule has 0 saturated carbocycles. The van der Waals surface area contributed by atoms with Gasteiger partial charge in [-0.3, -0.25) is 9.59 Å². The van der Waals surface area contributed by atoms with Crippen LogP contribution in [0.2, 0.25) is 0 Å². The largest absolute Gasteiger partial charge is 0.370 e. The van der Waals surface area contributed by atoms with Gasteiger partial charge in [0.25, 0.3) is 0 Å². The van der Waals surface area contributed by atoms with Gasteiger partial charge in [0.05, 0.1) is 0 Å². The number of piperidine rings is 2. The summed E-state index contributed by atoms with van der Waals surface area (Å²) in [6.07, 6.45) is 5.86. The van der Waals surface area contributed by atoms with Gasteiger partial charge in [0.1, 0.15) is 6.54 Å². The van der Waals surface area contributed by atoms with Gasteiger partial charge in [0.15, 0.2) is 5.96 Å². The summed E-state index contributed by atoms with van der Waals surface area (Å²) in [6, 6.07) is 0. The topological polar surface area (TPSA) is 91.0 Å². The smallest absolute Gasteiger partial charge is 0.244 e. The molecule has 3 N–H and O–H groups in total. The Morgan fingerprint density at radius 1 is 1.12 bits per heavy atom. The number of rotatable bonds is 5. The summed E-state index contributed by atoms with van der Waals surface area (Å²) in [7, 11) is 0. The summed E-state index contributed by atoms with van der Waals surface area (Å²) < 4.78 is 0. The number of hydrogen-bond donors (Lipinski definition) is 2. The van der Waals surface area contributed by atoms with E-state index < -0.39 is 0 Å². The third-order valence-electron chi connectivity index (χ3n) is 4.72. The fourth-order valence-electron chi connectivity index (χ4n) is 3.52. The van der Waals surface area contributed by atoms with Gasteiger partial charge in [-0.1, -0.05) is 0 Å². The molecule has 2 amide bonds. The summed E-state index contributed by atoms with van der Waals surface area (Å²) in [5.41, 5.74) is 5.33. The van der Waals surface area contributed by atoms with E-state index in [1.807, 2.05) is 11.8 Å². The molecule has 0 aromatic rings. The summed E-state index contributed by atoms with van der Waals surface area (Å²) in [5.74, 6) is 0.912. The van der Waals surface area contributed by atoms with Crippen LogP contribution in [-0.2, 0) is 9.59 Å². The third-order valence-corrected chi connectivity index (χ3v) is 4.72. The summed E-state index contributed by atoms with van der Waals surface area (Å²) in [6.45, 7) is 6.36. The predicted molar refractivity (Wildman–Crippen MR) is 94.5 cm³/mol. The Hall–Kier alpha value is -1.79. The number of carbonyl (C=O) groups excluding carboxylic acids is 2. The molecule has 0 aromatic carbocycles.